The third-order valence-corrected chi connectivity index (χ3v) is 3.70. The van der Waals surface area contributed by atoms with Gasteiger partial charge < -0.3 is 14.8 Å². The highest BCUT2D eigenvalue weighted by atomic mass is 16.7. The molecule has 2 N–H and O–H groups in total. The Bertz CT molecular complexity index is 841. The van der Waals surface area contributed by atoms with E-state index in [2.05, 4.69) is 15.8 Å². The van der Waals surface area contributed by atoms with Gasteiger partial charge in [-0.05, 0) is 48.7 Å². The average molecular weight is 339 g/mol. The van der Waals surface area contributed by atoms with E-state index in [0.717, 1.165) is 11.1 Å². The van der Waals surface area contributed by atoms with Crippen LogP contribution in [0.3, 0.4) is 0 Å². The molecular formula is C18H17N3O4. The Morgan fingerprint density at radius 3 is 2.52 bits per heavy atom. The summed E-state index contributed by atoms with van der Waals surface area (Å²) in [5.41, 5.74) is 5.30. The smallest absolute Gasteiger partial charge is 0.329 e. The van der Waals surface area contributed by atoms with Crippen LogP contribution in [0.4, 0.5) is 5.69 Å². The van der Waals surface area contributed by atoms with Crippen LogP contribution < -0.4 is 20.2 Å². The Labute approximate surface area is 144 Å². The van der Waals surface area contributed by atoms with E-state index in [1.165, 1.54) is 6.21 Å². The lowest BCUT2D eigenvalue weighted by atomic mass is 10.1. The van der Waals surface area contributed by atoms with Crippen molar-refractivity contribution in [2.45, 2.75) is 13.8 Å². The minimum atomic E-state index is -0.848. The summed E-state index contributed by atoms with van der Waals surface area (Å²) in [7, 11) is 0. The number of nitrogens with one attached hydrogen (secondary N) is 2. The lowest BCUT2D eigenvalue weighted by Gasteiger charge is -2.10. The number of ether oxygens (including phenoxy) is 2. The summed E-state index contributed by atoms with van der Waals surface area (Å²) >= 11 is 0. The molecule has 0 aromatic heterocycles. The SMILES string of the molecule is Cc1cccc(C)c1NC(=O)C(=O)NN=Cc1ccc2c(c1)OCO2. The van der Waals surface area contributed by atoms with Crippen LogP contribution in [0.15, 0.2) is 41.5 Å². The van der Waals surface area contributed by atoms with Gasteiger partial charge in [-0.2, -0.15) is 5.10 Å². The van der Waals surface area contributed by atoms with Gasteiger partial charge in [0.25, 0.3) is 0 Å². The van der Waals surface area contributed by atoms with E-state index in [-0.39, 0.29) is 6.79 Å². The molecule has 2 aromatic carbocycles. The number of fused-ring (bicyclic) bond motifs is 1. The molecule has 25 heavy (non-hydrogen) atoms. The van der Waals surface area contributed by atoms with Gasteiger partial charge in [0, 0.05) is 5.69 Å². The van der Waals surface area contributed by atoms with Crippen molar-refractivity contribution < 1.29 is 19.1 Å². The van der Waals surface area contributed by atoms with Crippen LogP contribution in [0.1, 0.15) is 16.7 Å². The van der Waals surface area contributed by atoms with Crippen LogP contribution in [-0.2, 0) is 9.59 Å². The van der Waals surface area contributed by atoms with E-state index >= 15 is 0 Å². The van der Waals surface area contributed by atoms with Crippen molar-refractivity contribution in [2.24, 2.45) is 5.10 Å². The van der Waals surface area contributed by atoms with Crippen molar-refractivity contribution in [1.29, 1.82) is 0 Å². The number of rotatable bonds is 3. The van der Waals surface area contributed by atoms with Gasteiger partial charge >= 0.3 is 11.8 Å². The van der Waals surface area contributed by atoms with Crippen LogP contribution in [0.25, 0.3) is 0 Å². The molecule has 0 aliphatic carbocycles. The highest BCUT2D eigenvalue weighted by Crippen LogP contribution is 2.31. The van der Waals surface area contributed by atoms with Gasteiger partial charge in [-0.15, -0.1) is 0 Å². The second-order valence-corrected chi connectivity index (χ2v) is 5.53. The molecular weight excluding hydrogens is 322 g/mol. The lowest BCUT2D eigenvalue weighted by molar-refractivity contribution is -0.136. The van der Waals surface area contributed by atoms with Crippen LogP contribution in [-0.4, -0.2) is 24.8 Å². The van der Waals surface area contributed by atoms with Gasteiger partial charge in [0.05, 0.1) is 6.21 Å². The molecule has 2 amide bonds. The van der Waals surface area contributed by atoms with E-state index in [4.69, 9.17) is 9.47 Å². The predicted octanol–water partition coefficient (Wildman–Crippen LogP) is 2.12. The molecule has 128 valence electrons. The molecule has 0 atom stereocenters. The summed E-state index contributed by atoms with van der Waals surface area (Å²) in [5.74, 6) is -0.350. The maximum Gasteiger partial charge on any atom is 0.329 e. The van der Waals surface area contributed by atoms with E-state index < -0.39 is 11.8 Å². The Morgan fingerprint density at radius 2 is 1.76 bits per heavy atom. The average Bonchev–Trinajstić information content (AvgIpc) is 3.05. The normalized spacial score (nSPS) is 12.2. The number of carbonyl (C=O) groups excluding carboxylic acids is 2. The number of hydrogen-bond donors (Lipinski definition) is 2. The van der Waals surface area contributed by atoms with Crippen molar-refractivity contribution in [3.63, 3.8) is 0 Å². The minimum Gasteiger partial charge on any atom is -0.454 e. The van der Waals surface area contributed by atoms with E-state index in [1.54, 1.807) is 18.2 Å². The molecule has 1 aliphatic heterocycles. The van der Waals surface area contributed by atoms with Crippen molar-refractivity contribution in [2.75, 3.05) is 12.1 Å². The molecule has 0 radical (unpaired) electrons. The summed E-state index contributed by atoms with van der Waals surface area (Å²) in [6, 6.07) is 10.8. The second-order valence-electron chi connectivity index (χ2n) is 5.53. The first kappa shape index (κ1) is 16.5. The molecule has 1 heterocycles. The van der Waals surface area contributed by atoms with Crippen LogP contribution in [0.5, 0.6) is 11.5 Å². The van der Waals surface area contributed by atoms with E-state index in [9.17, 15) is 9.59 Å². The van der Waals surface area contributed by atoms with Crippen LogP contribution in [0.2, 0.25) is 0 Å². The number of benzene rings is 2. The molecule has 0 saturated carbocycles. The molecule has 2 aromatic rings. The number of para-hydroxylation sites is 1. The Morgan fingerprint density at radius 1 is 1.04 bits per heavy atom. The summed E-state index contributed by atoms with van der Waals surface area (Å²) in [6.45, 7) is 3.90. The summed E-state index contributed by atoms with van der Waals surface area (Å²) in [6.07, 6.45) is 1.42. The maximum absolute atomic E-state index is 12.0. The van der Waals surface area contributed by atoms with Crippen molar-refractivity contribution in [3.8, 4) is 11.5 Å². The first-order valence-corrected chi connectivity index (χ1v) is 7.65. The standard InChI is InChI=1S/C18H17N3O4/c1-11-4-3-5-12(2)16(11)20-17(22)18(23)21-19-9-13-6-7-14-15(8-13)25-10-24-14/h3-9H,10H2,1-2H3,(H,20,22)(H,21,23). The largest absolute Gasteiger partial charge is 0.454 e. The molecule has 3 rings (SSSR count). The fourth-order valence-corrected chi connectivity index (χ4v) is 2.39. The number of hydrazone groups is 1. The molecule has 0 bridgehead atoms. The van der Waals surface area contributed by atoms with Gasteiger partial charge in [-0.3, -0.25) is 9.59 Å². The van der Waals surface area contributed by atoms with Crippen molar-refractivity contribution >= 4 is 23.7 Å². The molecule has 7 nitrogen and oxygen atoms in total. The first-order valence-electron chi connectivity index (χ1n) is 7.65. The Hall–Kier alpha value is -3.35. The van der Waals surface area contributed by atoms with Crippen molar-refractivity contribution in [3.05, 3.63) is 53.1 Å². The summed E-state index contributed by atoms with van der Waals surface area (Å²) in [4.78, 5) is 23.8. The van der Waals surface area contributed by atoms with Crippen molar-refractivity contribution in [1.82, 2.24) is 5.43 Å². The molecule has 1 aliphatic rings. The van der Waals surface area contributed by atoms with E-state index in [1.807, 2.05) is 32.0 Å². The predicted molar refractivity (Wildman–Crippen MR) is 92.8 cm³/mol. The Balaban J connectivity index is 1.59. The summed E-state index contributed by atoms with van der Waals surface area (Å²) < 4.78 is 10.5. The molecule has 0 saturated heterocycles. The highest BCUT2D eigenvalue weighted by molar-refractivity contribution is 6.39. The third kappa shape index (κ3) is 3.77. The zero-order chi connectivity index (χ0) is 17.8. The number of aryl methyl sites for hydroxylation is 2. The highest BCUT2D eigenvalue weighted by Gasteiger charge is 2.15. The molecule has 0 fully saturated rings. The van der Waals surface area contributed by atoms with Gasteiger partial charge in [-0.25, -0.2) is 5.43 Å². The van der Waals surface area contributed by atoms with Crippen LogP contribution in [0, 0.1) is 13.8 Å². The third-order valence-electron chi connectivity index (χ3n) is 3.70. The number of nitrogens with zero attached hydrogens (tertiary/aromatic N) is 1. The monoisotopic (exact) mass is 339 g/mol. The fourth-order valence-electron chi connectivity index (χ4n) is 2.39. The minimum absolute atomic E-state index is 0.186. The summed E-state index contributed by atoms with van der Waals surface area (Å²) in [5, 5.41) is 6.39. The van der Waals surface area contributed by atoms with Gasteiger partial charge in [-0.1, -0.05) is 18.2 Å². The quantitative estimate of drug-likeness (QED) is 0.509. The Kier molecular flexibility index (Phi) is 4.65. The van der Waals surface area contributed by atoms with Crippen LogP contribution >= 0.6 is 0 Å². The molecule has 0 spiro atoms. The fraction of sp³-hybridized carbons (Fsp3) is 0.167. The molecule has 7 heteroatoms. The topological polar surface area (TPSA) is 89.0 Å². The first-order chi connectivity index (χ1) is 12.0. The zero-order valence-electron chi connectivity index (χ0n) is 13.8. The van der Waals surface area contributed by atoms with E-state index in [0.29, 0.717) is 22.7 Å². The van der Waals surface area contributed by atoms with Gasteiger partial charge in [0.1, 0.15) is 0 Å². The van der Waals surface area contributed by atoms with Gasteiger partial charge in [0.2, 0.25) is 6.79 Å². The zero-order valence-corrected chi connectivity index (χ0v) is 13.8. The maximum atomic E-state index is 12.0. The van der Waals surface area contributed by atoms with Gasteiger partial charge in [0.15, 0.2) is 11.5 Å². The number of carbonyl (C=O) groups is 2. The number of amides is 2. The lowest BCUT2D eigenvalue weighted by Crippen LogP contribution is -2.32. The number of anilines is 1. The molecule has 0 unspecified atom stereocenters. The second kappa shape index (κ2) is 7.04. The number of hydrogen-bond acceptors (Lipinski definition) is 5.